The molecule has 0 aromatic heterocycles. The molecule has 1 aliphatic rings. The van der Waals surface area contributed by atoms with E-state index in [1.165, 1.54) is 11.0 Å². The van der Waals surface area contributed by atoms with Crippen molar-refractivity contribution in [1.82, 2.24) is 4.90 Å². The molecule has 0 aliphatic carbocycles. The van der Waals surface area contributed by atoms with Crippen molar-refractivity contribution in [2.45, 2.75) is 6.92 Å². The Morgan fingerprint density at radius 3 is 2.29 bits per heavy atom. The van der Waals surface area contributed by atoms with Crippen molar-refractivity contribution in [3.63, 3.8) is 0 Å². The number of carbonyl (C=O) groups excluding carboxylic acids is 2. The third-order valence-corrected chi connectivity index (χ3v) is 3.70. The quantitative estimate of drug-likeness (QED) is 0.624. The molecule has 1 amide bonds. The molecule has 0 atom stereocenters. The number of hydrogen-bond acceptors (Lipinski definition) is 2. The van der Waals surface area contributed by atoms with E-state index in [0.717, 1.165) is 11.1 Å². The van der Waals surface area contributed by atoms with Crippen LogP contribution in [-0.4, -0.2) is 23.6 Å². The fourth-order valence-electron chi connectivity index (χ4n) is 2.46. The average molecular weight is 277 g/mol. The van der Waals surface area contributed by atoms with Gasteiger partial charge in [-0.2, -0.15) is 0 Å². The number of rotatable bonds is 2. The summed E-state index contributed by atoms with van der Waals surface area (Å²) in [5.74, 6) is -0.171. The van der Waals surface area contributed by atoms with Crippen LogP contribution in [0.5, 0.6) is 0 Å². The number of nitrogens with zero attached hydrogens (tertiary/aromatic N) is 1. The first-order valence-corrected chi connectivity index (χ1v) is 6.78. The van der Waals surface area contributed by atoms with Gasteiger partial charge < -0.3 is 4.90 Å². The smallest absolute Gasteiger partial charge is 0.258 e. The zero-order valence-electron chi connectivity index (χ0n) is 12.0. The lowest BCUT2D eigenvalue weighted by Crippen LogP contribution is -2.17. The SMILES string of the molecule is Cc1ccc(C(=O)/C=C2\c3ccccc3C(=O)N2C)cc1. The highest BCUT2D eigenvalue weighted by Gasteiger charge is 2.29. The predicted molar refractivity (Wildman–Crippen MR) is 82.0 cm³/mol. The zero-order chi connectivity index (χ0) is 15.0. The van der Waals surface area contributed by atoms with E-state index in [1.54, 1.807) is 25.2 Å². The van der Waals surface area contributed by atoms with E-state index in [4.69, 9.17) is 0 Å². The number of carbonyl (C=O) groups is 2. The first-order valence-electron chi connectivity index (χ1n) is 6.78. The van der Waals surface area contributed by atoms with Crippen molar-refractivity contribution >= 4 is 17.4 Å². The summed E-state index contributed by atoms with van der Waals surface area (Å²) in [7, 11) is 1.69. The Kier molecular flexibility index (Phi) is 3.18. The third kappa shape index (κ3) is 2.27. The summed E-state index contributed by atoms with van der Waals surface area (Å²) in [6.07, 6.45) is 1.54. The van der Waals surface area contributed by atoms with Gasteiger partial charge in [0, 0.05) is 29.8 Å². The number of allylic oxidation sites excluding steroid dienone is 1. The summed E-state index contributed by atoms with van der Waals surface area (Å²) in [4.78, 5) is 26.0. The number of amides is 1. The number of hydrogen-bond donors (Lipinski definition) is 0. The number of fused-ring (bicyclic) bond motifs is 1. The molecule has 0 saturated heterocycles. The molecule has 1 aliphatic heterocycles. The Morgan fingerprint density at radius 2 is 1.62 bits per heavy atom. The molecule has 0 spiro atoms. The van der Waals surface area contributed by atoms with Crippen molar-refractivity contribution < 1.29 is 9.59 Å². The molecule has 0 unspecified atom stereocenters. The van der Waals surface area contributed by atoms with Crippen molar-refractivity contribution in [3.8, 4) is 0 Å². The van der Waals surface area contributed by atoms with Gasteiger partial charge in [0.05, 0.1) is 5.70 Å². The number of aryl methyl sites for hydroxylation is 1. The van der Waals surface area contributed by atoms with E-state index in [0.29, 0.717) is 16.8 Å². The van der Waals surface area contributed by atoms with Crippen molar-refractivity contribution in [2.75, 3.05) is 7.05 Å². The largest absolute Gasteiger partial charge is 0.311 e. The standard InChI is InChI=1S/C18H15NO2/c1-12-7-9-13(10-8-12)17(20)11-16-14-5-3-4-6-15(14)18(21)19(16)2/h3-11H,1-2H3/b16-11+. The highest BCUT2D eigenvalue weighted by Crippen LogP contribution is 2.31. The van der Waals surface area contributed by atoms with Gasteiger partial charge in [0.2, 0.25) is 0 Å². The maximum absolute atomic E-state index is 12.4. The van der Waals surface area contributed by atoms with E-state index in [9.17, 15) is 9.59 Å². The predicted octanol–water partition coefficient (Wildman–Crippen LogP) is 3.30. The Labute approximate surface area is 123 Å². The van der Waals surface area contributed by atoms with E-state index in [-0.39, 0.29) is 11.7 Å². The lowest BCUT2D eigenvalue weighted by molar-refractivity contribution is 0.0874. The third-order valence-electron chi connectivity index (χ3n) is 3.70. The Balaban J connectivity index is 2.02. The van der Waals surface area contributed by atoms with Gasteiger partial charge in [-0.05, 0) is 13.0 Å². The van der Waals surface area contributed by atoms with Crippen LogP contribution in [0.4, 0.5) is 0 Å². The molecule has 104 valence electrons. The molecular formula is C18H15NO2. The van der Waals surface area contributed by atoms with Crippen LogP contribution in [0.25, 0.3) is 5.70 Å². The molecule has 1 heterocycles. The topological polar surface area (TPSA) is 37.4 Å². The first-order chi connectivity index (χ1) is 10.1. The first kappa shape index (κ1) is 13.3. The molecule has 0 radical (unpaired) electrons. The van der Waals surface area contributed by atoms with E-state index < -0.39 is 0 Å². The highest BCUT2D eigenvalue weighted by molar-refractivity contribution is 6.15. The van der Waals surface area contributed by atoms with Crippen LogP contribution in [0.3, 0.4) is 0 Å². The van der Waals surface area contributed by atoms with Gasteiger partial charge in [-0.3, -0.25) is 9.59 Å². The Morgan fingerprint density at radius 1 is 1.00 bits per heavy atom. The minimum atomic E-state index is -0.0960. The summed E-state index contributed by atoms with van der Waals surface area (Å²) >= 11 is 0. The normalized spacial score (nSPS) is 15.4. The molecule has 3 nitrogen and oxygen atoms in total. The molecule has 21 heavy (non-hydrogen) atoms. The van der Waals surface area contributed by atoms with Crippen LogP contribution in [0.1, 0.15) is 31.8 Å². The molecule has 2 aromatic rings. The van der Waals surface area contributed by atoms with Crippen LogP contribution < -0.4 is 0 Å². The molecule has 3 rings (SSSR count). The van der Waals surface area contributed by atoms with Crippen molar-refractivity contribution in [3.05, 3.63) is 76.9 Å². The van der Waals surface area contributed by atoms with Crippen LogP contribution >= 0.6 is 0 Å². The lowest BCUT2D eigenvalue weighted by atomic mass is 10.0. The second kappa shape index (κ2) is 5.02. The van der Waals surface area contributed by atoms with Gasteiger partial charge >= 0.3 is 0 Å². The summed E-state index contributed by atoms with van der Waals surface area (Å²) < 4.78 is 0. The highest BCUT2D eigenvalue weighted by atomic mass is 16.2. The molecule has 0 N–H and O–H groups in total. The zero-order valence-corrected chi connectivity index (χ0v) is 12.0. The second-order valence-corrected chi connectivity index (χ2v) is 5.17. The molecule has 0 fully saturated rings. The minimum Gasteiger partial charge on any atom is -0.311 e. The van der Waals surface area contributed by atoms with Crippen LogP contribution in [0, 0.1) is 6.92 Å². The van der Waals surface area contributed by atoms with E-state index in [1.807, 2.05) is 37.3 Å². The maximum atomic E-state index is 12.4. The number of benzene rings is 2. The number of ketones is 1. The minimum absolute atomic E-state index is 0.0754. The van der Waals surface area contributed by atoms with Crippen LogP contribution in [0.2, 0.25) is 0 Å². The average Bonchev–Trinajstić information content (AvgIpc) is 2.73. The van der Waals surface area contributed by atoms with Gasteiger partial charge in [0.25, 0.3) is 5.91 Å². The van der Waals surface area contributed by atoms with Crippen molar-refractivity contribution in [2.24, 2.45) is 0 Å². The Hall–Kier alpha value is -2.68. The molecule has 0 saturated carbocycles. The van der Waals surface area contributed by atoms with Crippen LogP contribution in [0.15, 0.2) is 54.6 Å². The summed E-state index contributed by atoms with van der Waals surface area (Å²) in [5.41, 5.74) is 3.84. The summed E-state index contributed by atoms with van der Waals surface area (Å²) in [6.45, 7) is 1.98. The van der Waals surface area contributed by atoms with E-state index in [2.05, 4.69) is 0 Å². The van der Waals surface area contributed by atoms with E-state index >= 15 is 0 Å². The fraction of sp³-hybridized carbons (Fsp3) is 0.111. The van der Waals surface area contributed by atoms with Gasteiger partial charge in [0.15, 0.2) is 5.78 Å². The molecule has 0 bridgehead atoms. The summed E-state index contributed by atoms with van der Waals surface area (Å²) in [6, 6.07) is 14.8. The van der Waals surface area contributed by atoms with Gasteiger partial charge in [-0.1, -0.05) is 48.0 Å². The second-order valence-electron chi connectivity index (χ2n) is 5.17. The van der Waals surface area contributed by atoms with Gasteiger partial charge in [0.1, 0.15) is 0 Å². The molecular weight excluding hydrogens is 262 g/mol. The molecule has 2 aromatic carbocycles. The van der Waals surface area contributed by atoms with Gasteiger partial charge in [-0.25, -0.2) is 0 Å². The molecule has 3 heteroatoms. The van der Waals surface area contributed by atoms with Gasteiger partial charge in [-0.15, -0.1) is 0 Å². The summed E-state index contributed by atoms with van der Waals surface area (Å²) in [5, 5.41) is 0. The Bertz CT molecular complexity index is 757. The van der Waals surface area contributed by atoms with Crippen LogP contribution in [-0.2, 0) is 0 Å². The fourth-order valence-corrected chi connectivity index (χ4v) is 2.46. The van der Waals surface area contributed by atoms with Crippen molar-refractivity contribution in [1.29, 1.82) is 0 Å². The lowest BCUT2D eigenvalue weighted by Gasteiger charge is -2.10. The maximum Gasteiger partial charge on any atom is 0.258 e. The monoisotopic (exact) mass is 277 g/mol.